The van der Waals surface area contributed by atoms with Crippen LogP contribution in [0.15, 0.2) is 60.7 Å². The lowest BCUT2D eigenvalue weighted by Crippen LogP contribution is -2.30. The molecule has 0 N–H and O–H groups in total. The predicted molar refractivity (Wildman–Crippen MR) is 98.7 cm³/mol. The monoisotopic (exact) mass is 344 g/mol. The van der Waals surface area contributed by atoms with Crippen LogP contribution in [-0.4, -0.2) is 38.8 Å². The maximum Gasteiger partial charge on any atom is 0.183 e. The third-order valence-corrected chi connectivity index (χ3v) is 5.50. The lowest BCUT2D eigenvalue weighted by Gasteiger charge is -2.24. The zero-order valence-electron chi connectivity index (χ0n) is 14.5. The van der Waals surface area contributed by atoms with E-state index in [0.29, 0.717) is 18.0 Å². The quantitative estimate of drug-likeness (QED) is 0.732. The number of ketones is 1. The van der Waals surface area contributed by atoms with Gasteiger partial charge in [0.05, 0.1) is 6.04 Å². The summed E-state index contributed by atoms with van der Waals surface area (Å²) in [5, 5.41) is 8.75. The van der Waals surface area contributed by atoms with Gasteiger partial charge in [-0.1, -0.05) is 65.9 Å². The number of benzene rings is 2. The summed E-state index contributed by atoms with van der Waals surface area (Å²) in [7, 11) is 0. The second-order valence-electron chi connectivity index (χ2n) is 7.23. The van der Waals surface area contributed by atoms with Crippen molar-refractivity contribution >= 4 is 5.78 Å². The van der Waals surface area contributed by atoms with Crippen LogP contribution in [0.25, 0.3) is 11.3 Å². The highest BCUT2D eigenvalue weighted by Crippen LogP contribution is 2.39. The van der Waals surface area contributed by atoms with Crippen molar-refractivity contribution in [1.82, 2.24) is 19.9 Å². The van der Waals surface area contributed by atoms with Gasteiger partial charge in [-0.2, -0.15) is 0 Å². The molecule has 0 amide bonds. The van der Waals surface area contributed by atoms with Crippen molar-refractivity contribution in [1.29, 1.82) is 0 Å². The average Bonchev–Trinajstić information content (AvgIpc) is 3.27. The number of nitrogens with zero attached hydrogens (tertiary/aromatic N) is 4. The van der Waals surface area contributed by atoms with Crippen LogP contribution in [0.1, 0.15) is 28.5 Å². The number of hydrogen-bond donors (Lipinski definition) is 0. The van der Waals surface area contributed by atoms with Crippen LogP contribution < -0.4 is 0 Å². The lowest BCUT2D eigenvalue weighted by molar-refractivity contribution is 0.0909. The highest BCUT2D eigenvalue weighted by molar-refractivity contribution is 6.00. The molecule has 2 aliphatic rings. The molecule has 2 atom stereocenters. The molecule has 3 heterocycles. The minimum Gasteiger partial charge on any atom is -0.297 e. The summed E-state index contributed by atoms with van der Waals surface area (Å²) >= 11 is 0. The Bertz CT molecular complexity index is 935. The highest BCUT2D eigenvalue weighted by Gasteiger charge is 2.43. The lowest BCUT2D eigenvalue weighted by atomic mass is 9.90. The second-order valence-corrected chi connectivity index (χ2v) is 7.23. The Labute approximate surface area is 152 Å². The maximum atomic E-state index is 12.8. The summed E-state index contributed by atoms with van der Waals surface area (Å²) in [6.45, 7) is 2.76. The molecule has 26 heavy (non-hydrogen) atoms. The molecule has 0 spiro atoms. The van der Waals surface area contributed by atoms with Crippen molar-refractivity contribution in [3.8, 4) is 11.3 Å². The third kappa shape index (κ3) is 2.56. The van der Waals surface area contributed by atoms with Gasteiger partial charge in [0.25, 0.3) is 0 Å². The van der Waals surface area contributed by atoms with E-state index in [9.17, 15) is 4.79 Å². The van der Waals surface area contributed by atoms with Crippen molar-refractivity contribution in [2.24, 2.45) is 5.92 Å². The first-order valence-electron chi connectivity index (χ1n) is 9.09. The van der Waals surface area contributed by atoms with Crippen molar-refractivity contribution in [2.75, 3.05) is 13.1 Å². The molecule has 5 rings (SSSR count). The van der Waals surface area contributed by atoms with Crippen molar-refractivity contribution in [3.63, 3.8) is 0 Å². The summed E-state index contributed by atoms with van der Waals surface area (Å²) in [6, 6.07) is 20.6. The van der Waals surface area contributed by atoms with Gasteiger partial charge in [0.15, 0.2) is 5.78 Å². The van der Waals surface area contributed by atoms with Crippen LogP contribution in [-0.2, 0) is 6.54 Å². The molecule has 1 aromatic heterocycles. The van der Waals surface area contributed by atoms with Gasteiger partial charge in [-0.15, -0.1) is 5.10 Å². The molecule has 1 saturated heterocycles. The molecule has 1 fully saturated rings. The predicted octanol–water partition coefficient (Wildman–Crippen LogP) is 3.20. The first-order valence-corrected chi connectivity index (χ1v) is 9.09. The van der Waals surface area contributed by atoms with Crippen LogP contribution in [0, 0.1) is 5.92 Å². The molecule has 130 valence electrons. The van der Waals surface area contributed by atoms with Crippen LogP contribution in [0.3, 0.4) is 0 Å². The first-order chi connectivity index (χ1) is 12.8. The smallest absolute Gasteiger partial charge is 0.183 e. The number of carbonyl (C=O) groups excluding carboxylic acids is 1. The number of rotatable bonds is 3. The van der Waals surface area contributed by atoms with Gasteiger partial charge in [0.2, 0.25) is 0 Å². The minimum absolute atomic E-state index is 0.164. The topological polar surface area (TPSA) is 51.0 Å². The summed E-state index contributed by atoms with van der Waals surface area (Å²) in [5.41, 5.74) is 3.66. The van der Waals surface area contributed by atoms with Crippen LogP contribution >= 0.6 is 0 Å². The second kappa shape index (κ2) is 6.18. The molecule has 0 radical (unpaired) electrons. The maximum absolute atomic E-state index is 12.8. The van der Waals surface area contributed by atoms with Gasteiger partial charge in [-0.3, -0.25) is 9.69 Å². The Balaban J connectivity index is 1.44. The fourth-order valence-corrected chi connectivity index (χ4v) is 4.30. The summed E-state index contributed by atoms with van der Waals surface area (Å²) in [4.78, 5) is 15.3. The van der Waals surface area contributed by atoms with Crippen molar-refractivity contribution in [2.45, 2.75) is 19.0 Å². The Kier molecular flexibility index (Phi) is 3.68. The van der Waals surface area contributed by atoms with Gasteiger partial charge >= 0.3 is 0 Å². The van der Waals surface area contributed by atoms with Gasteiger partial charge in [0, 0.05) is 37.5 Å². The van der Waals surface area contributed by atoms with Crippen molar-refractivity contribution < 1.29 is 4.79 Å². The van der Waals surface area contributed by atoms with Crippen molar-refractivity contribution in [3.05, 3.63) is 71.9 Å². The van der Waals surface area contributed by atoms with E-state index in [0.717, 1.165) is 30.9 Å². The summed E-state index contributed by atoms with van der Waals surface area (Å²) in [5.74, 6) is 0.487. The zero-order valence-corrected chi connectivity index (χ0v) is 14.5. The summed E-state index contributed by atoms with van der Waals surface area (Å²) < 4.78 is 1.89. The molecule has 3 aromatic rings. The SMILES string of the molecule is O=C1C[C@H]2CN(Cc3ccccc3)C[C@H]2n2nnc(-c3ccccc3)c21. The number of hydrogen-bond acceptors (Lipinski definition) is 4. The molecule has 5 nitrogen and oxygen atoms in total. The summed E-state index contributed by atoms with van der Waals surface area (Å²) in [6.07, 6.45) is 0.586. The highest BCUT2D eigenvalue weighted by atomic mass is 16.1. The van der Waals surface area contributed by atoms with Gasteiger partial charge in [-0.25, -0.2) is 4.68 Å². The van der Waals surface area contributed by atoms with Gasteiger partial charge in [0.1, 0.15) is 11.4 Å². The van der Waals surface area contributed by atoms with Gasteiger partial charge in [-0.05, 0) is 5.56 Å². The van der Waals surface area contributed by atoms with E-state index in [1.807, 2.05) is 41.1 Å². The molecule has 2 aliphatic heterocycles. The van der Waals surface area contributed by atoms with E-state index in [1.54, 1.807) is 0 Å². The molecule has 0 unspecified atom stereocenters. The van der Waals surface area contributed by atoms with Crippen LogP contribution in [0.5, 0.6) is 0 Å². The largest absolute Gasteiger partial charge is 0.297 e. The van der Waals surface area contributed by atoms with E-state index >= 15 is 0 Å². The standard InChI is InChI=1S/C21H20N4O/c26-19-11-17-13-24(12-15-7-3-1-4-8-15)14-18(17)25-21(19)20(22-23-25)16-9-5-2-6-10-16/h1-10,17-18H,11-14H2/t17-,18+/m0/s1. The Morgan fingerprint density at radius 1 is 0.962 bits per heavy atom. The molecule has 2 aromatic carbocycles. The van der Waals surface area contributed by atoms with Crippen LogP contribution in [0.2, 0.25) is 0 Å². The zero-order chi connectivity index (χ0) is 17.5. The van der Waals surface area contributed by atoms with Crippen LogP contribution in [0.4, 0.5) is 0 Å². The van der Waals surface area contributed by atoms with E-state index in [1.165, 1.54) is 5.56 Å². The number of fused-ring (bicyclic) bond motifs is 3. The molecular formula is C21H20N4O. The Hall–Kier alpha value is -2.79. The fraction of sp³-hybridized carbons (Fsp3) is 0.286. The number of carbonyl (C=O) groups is 1. The molecule has 0 bridgehead atoms. The van der Waals surface area contributed by atoms with Gasteiger partial charge < -0.3 is 0 Å². The molecular weight excluding hydrogens is 324 g/mol. The Morgan fingerprint density at radius 2 is 1.69 bits per heavy atom. The molecule has 0 saturated carbocycles. The van der Waals surface area contributed by atoms with E-state index in [-0.39, 0.29) is 11.8 Å². The van der Waals surface area contributed by atoms with E-state index < -0.39 is 0 Å². The van der Waals surface area contributed by atoms with E-state index in [2.05, 4.69) is 39.5 Å². The first kappa shape index (κ1) is 15.5. The fourth-order valence-electron chi connectivity index (χ4n) is 4.30. The number of aromatic nitrogens is 3. The Morgan fingerprint density at radius 3 is 2.46 bits per heavy atom. The third-order valence-electron chi connectivity index (χ3n) is 5.50. The molecule has 5 heteroatoms. The average molecular weight is 344 g/mol. The minimum atomic E-state index is 0.164. The number of likely N-dealkylation sites (tertiary alicyclic amines) is 1. The number of Topliss-reactive ketones (excluding diaryl/α,β-unsaturated/α-hetero) is 1. The van der Waals surface area contributed by atoms with E-state index in [4.69, 9.17) is 0 Å². The molecule has 0 aliphatic carbocycles. The normalized spacial score (nSPS) is 22.2.